The first-order chi connectivity index (χ1) is 13.6. The lowest BCUT2D eigenvalue weighted by Gasteiger charge is -2.09. The van der Waals surface area contributed by atoms with Crippen LogP contribution in [0.25, 0.3) is 0 Å². The minimum atomic E-state index is -2.83. The molecule has 10 nitrogen and oxygen atoms in total. The molecule has 3 rings (SSSR count). The van der Waals surface area contributed by atoms with Crippen molar-refractivity contribution in [2.75, 3.05) is 5.32 Å². The fourth-order valence-electron chi connectivity index (χ4n) is 2.95. The minimum Gasteiger partial charge on any atom is -0.324 e. The summed E-state index contributed by atoms with van der Waals surface area (Å²) in [7, 11) is 0. The number of amides is 1. The van der Waals surface area contributed by atoms with E-state index in [9.17, 15) is 33.8 Å². The van der Waals surface area contributed by atoms with E-state index in [1.54, 1.807) is 0 Å². The molecule has 154 valence electrons. The number of nitro benzene ring substituents is 2. The second kappa shape index (κ2) is 7.81. The minimum absolute atomic E-state index is 0.0127. The fourth-order valence-corrected chi connectivity index (χ4v) is 3.73. The number of carbonyl (C=O) groups excluding carboxylic acids is 1. The summed E-state index contributed by atoms with van der Waals surface area (Å²) in [4.78, 5) is 33.1. The van der Waals surface area contributed by atoms with Crippen LogP contribution in [-0.2, 0) is 11.3 Å². The van der Waals surface area contributed by atoms with Crippen LogP contribution in [0.5, 0.6) is 0 Å². The SMILES string of the molecule is Cc1c([N+](=O)[O-])cc(NC(=O)Cn2nc(C(F)F)c(Br)c2C2CC2)cc1[N+](=O)[O-]. The third-order valence-electron chi connectivity index (χ3n) is 4.45. The van der Waals surface area contributed by atoms with Crippen molar-refractivity contribution in [1.82, 2.24) is 9.78 Å². The van der Waals surface area contributed by atoms with Gasteiger partial charge in [-0.15, -0.1) is 0 Å². The summed E-state index contributed by atoms with van der Waals surface area (Å²) in [6, 6.07) is 2.01. The Labute approximate surface area is 170 Å². The van der Waals surface area contributed by atoms with Crippen molar-refractivity contribution in [2.24, 2.45) is 0 Å². The van der Waals surface area contributed by atoms with E-state index in [1.807, 2.05) is 0 Å². The first-order valence-electron chi connectivity index (χ1n) is 8.37. The van der Waals surface area contributed by atoms with Crippen molar-refractivity contribution >= 4 is 38.9 Å². The number of halogens is 3. The molecule has 1 aromatic heterocycles. The Morgan fingerprint density at radius 2 is 1.86 bits per heavy atom. The van der Waals surface area contributed by atoms with Crippen LogP contribution in [0.15, 0.2) is 16.6 Å². The van der Waals surface area contributed by atoms with Crippen LogP contribution in [0, 0.1) is 27.2 Å². The van der Waals surface area contributed by atoms with Crippen molar-refractivity contribution in [2.45, 2.75) is 38.7 Å². The summed E-state index contributed by atoms with van der Waals surface area (Å²) in [5.74, 6) is -0.700. The van der Waals surface area contributed by atoms with Gasteiger partial charge >= 0.3 is 0 Å². The molecule has 0 radical (unpaired) electrons. The van der Waals surface area contributed by atoms with E-state index >= 15 is 0 Å². The maximum absolute atomic E-state index is 13.1. The highest BCUT2D eigenvalue weighted by Gasteiger charge is 2.34. The third kappa shape index (κ3) is 4.23. The van der Waals surface area contributed by atoms with Gasteiger partial charge in [0.1, 0.15) is 17.8 Å². The lowest BCUT2D eigenvalue weighted by atomic mass is 10.1. The van der Waals surface area contributed by atoms with Crippen LogP contribution in [0.3, 0.4) is 0 Å². The topological polar surface area (TPSA) is 133 Å². The van der Waals surface area contributed by atoms with Crippen molar-refractivity contribution in [3.8, 4) is 0 Å². The van der Waals surface area contributed by atoms with Gasteiger partial charge in [0.15, 0.2) is 0 Å². The molecule has 13 heteroatoms. The van der Waals surface area contributed by atoms with Gasteiger partial charge < -0.3 is 5.32 Å². The first-order valence-corrected chi connectivity index (χ1v) is 9.17. The summed E-state index contributed by atoms with van der Waals surface area (Å²) < 4.78 is 27.6. The Morgan fingerprint density at radius 1 is 1.31 bits per heavy atom. The third-order valence-corrected chi connectivity index (χ3v) is 5.26. The van der Waals surface area contributed by atoms with Gasteiger partial charge in [-0.1, -0.05) is 0 Å². The zero-order valence-electron chi connectivity index (χ0n) is 14.9. The number of hydrogen-bond acceptors (Lipinski definition) is 6. The van der Waals surface area contributed by atoms with Crippen LogP contribution in [0.4, 0.5) is 25.8 Å². The standard InChI is InChI=1S/C16H14BrF2N5O5/c1-7-10(23(26)27)4-9(5-11(7)24(28)29)20-12(25)6-22-15(8-2-3-8)13(17)14(21-22)16(18)19/h4-5,8,16H,2-3,6H2,1H3,(H,20,25). The van der Waals surface area contributed by atoms with E-state index in [0.717, 1.165) is 29.7 Å². The number of nitrogens with zero attached hydrogens (tertiary/aromatic N) is 4. The first kappa shape index (κ1) is 20.8. The number of rotatable bonds is 7. The van der Waals surface area contributed by atoms with E-state index in [1.165, 1.54) is 6.92 Å². The number of nitro groups is 2. The van der Waals surface area contributed by atoms with Crippen LogP contribution in [0.2, 0.25) is 0 Å². The number of aromatic nitrogens is 2. The second-order valence-electron chi connectivity index (χ2n) is 6.52. The molecule has 1 saturated carbocycles. The number of anilines is 1. The van der Waals surface area contributed by atoms with Gasteiger partial charge in [0.05, 0.1) is 25.7 Å². The molecule has 0 spiro atoms. The van der Waals surface area contributed by atoms with Crippen molar-refractivity contribution in [1.29, 1.82) is 0 Å². The van der Waals surface area contributed by atoms with Gasteiger partial charge in [-0.05, 0) is 35.7 Å². The molecule has 0 bridgehead atoms. The fraction of sp³-hybridized carbons (Fsp3) is 0.375. The molecule has 1 aromatic carbocycles. The molecule has 1 N–H and O–H groups in total. The summed E-state index contributed by atoms with van der Waals surface area (Å²) >= 11 is 3.11. The number of benzene rings is 1. The smallest absolute Gasteiger partial charge is 0.283 e. The molecule has 1 amide bonds. The number of carbonyl (C=O) groups is 1. The molecule has 1 aliphatic rings. The van der Waals surface area contributed by atoms with Gasteiger partial charge in [-0.2, -0.15) is 5.10 Å². The average molecular weight is 474 g/mol. The summed E-state index contributed by atoms with van der Waals surface area (Å²) in [6.45, 7) is 0.809. The Kier molecular flexibility index (Phi) is 5.59. The average Bonchev–Trinajstić information content (AvgIpc) is 3.39. The van der Waals surface area contributed by atoms with Crippen LogP contribution in [-0.4, -0.2) is 25.5 Å². The second-order valence-corrected chi connectivity index (χ2v) is 7.31. The highest BCUT2D eigenvalue weighted by atomic mass is 79.9. The zero-order chi connectivity index (χ0) is 21.5. The maximum atomic E-state index is 13.1. The normalized spacial score (nSPS) is 13.6. The number of alkyl halides is 2. The van der Waals surface area contributed by atoms with E-state index in [2.05, 4.69) is 26.3 Å². The van der Waals surface area contributed by atoms with Crippen LogP contribution < -0.4 is 5.32 Å². The highest BCUT2D eigenvalue weighted by Crippen LogP contribution is 2.45. The quantitative estimate of drug-likeness (QED) is 0.472. The molecule has 1 heterocycles. The Balaban J connectivity index is 1.88. The van der Waals surface area contributed by atoms with Gasteiger partial charge in [0.2, 0.25) is 5.91 Å². The predicted octanol–water partition coefficient (Wildman–Crippen LogP) is 4.22. The summed E-state index contributed by atoms with van der Waals surface area (Å²) in [5, 5.41) is 28.4. The van der Waals surface area contributed by atoms with E-state index in [4.69, 9.17) is 0 Å². The molecule has 0 atom stereocenters. The van der Waals surface area contributed by atoms with Crippen LogP contribution >= 0.6 is 15.9 Å². The molecule has 0 aliphatic heterocycles. The Hall–Kier alpha value is -2.96. The molecule has 29 heavy (non-hydrogen) atoms. The van der Waals surface area contributed by atoms with Gasteiger partial charge in [0, 0.05) is 18.1 Å². The summed E-state index contributed by atoms with van der Waals surface area (Å²) in [5.41, 5.74) is -1.32. The van der Waals surface area contributed by atoms with Crippen molar-refractivity contribution < 1.29 is 23.4 Å². The number of nitrogens with one attached hydrogen (secondary N) is 1. The molecule has 2 aromatic rings. The monoisotopic (exact) mass is 473 g/mol. The molecule has 0 unspecified atom stereocenters. The van der Waals surface area contributed by atoms with Crippen molar-refractivity contribution in [3.05, 3.63) is 53.8 Å². The number of hydrogen-bond donors (Lipinski definition) is 1. The van der Waals surface area contributed by atoms with Crippen molar-refractivity contribution in [3.63, 3.8) is 0 Å². The van der Waals surface area contributed by atoms with Gasteiger partial charge in [-0.3, -0.25) is 29.7 Å². The molecule has 1 fully saturated rings. The Bertz CT molecular complexity index is 986. The van der Waals surface area contributed by atoms with E-state index in [0.29, 0.717) is 5.69 Å². The lowest BCUT2D eigenvalue weighted by Crippen LogP contribution is -2.21. The largest absolute Gasteiger partial charge is 0.324 e. The van der Waals surface area contributed by atoms with Gasteiger partial charge in [0.25, 0.3) is 17.8 Å². The highest BCUT2D eigenvalue weighted by molar-refractivity contribution is 9.10. The lowest BCUT2D eigenvalue weighted by molar-refractivity contribution is -0.395. The summed E-state index contributed by atoms with van der Waals surface area (Å²) in [6.07, 6.45) is -1.26. The van der Waals surface area contributed by atoms with Crippen LogP contribution in [0.1, 0.15) is 42.1 Å². The molecular formula is C16H14BrF2N5O5. The van der Waals surface area contributed by atoms with E-state index < -0.39 is 45.8 Å². The Morgan fingerprint density at radius 3 is 2.31 bits per heavy atom. The maximum Gasteiger partial charge on any atom is 0.283 e. The van der Waals surface area contributed by atoms with E-state index in [-0.39, 0.29) is 21.6 Å². The zero-order valence-corrected chi connectivity index (χ0v) is 16.5. The molecule has 1 aliphatic carbocycles. The predicted molar refractivity (Wildman–Crippen MR) is 100.0 cm³/mol. The molecule has 0 saturated heterocycles. The molecular weight excluding hydrogens is 460 g/mol. The van der Waals surface area contributed by atoms with Gasteiger partial charge in [-0.25, -0.2) is 8.78 Å².